The van der Waals surface area contributed by atoms with E-state index < -0.39 is 5.82 Å². The number of piperidine rings is 1. The molecule has 140 valence electrons. The molecule has 6 heteroatoms. The van der Waals surface area contributed by atoms with Gasteiger partial charge in [0.2, 0.25) is 0 Å². The molecule has 1 aliphatic heterocycles. The maximum atomic E-state index is 13.3. The lowest BCUT2D eigenvalue weighted by Crippen LogP contribution is -2.39. The number of rotatable bonds is 5. The van der Waals surface area contributed by atoms with Gasteiger partial charge < -0.3 is 15.4 Å². The minimum atomic E-state index is -0.444. The van der Waals surface area contributed by atoms with Gasteiger partial charge in [0.05, 0.1) is 10.0 Å². The van der Waals surface area contributed by atoms with E-state index in [1.807, 2.05) is 0 Å². The molecule has 1 saturated carbocycles. The van der Waals surface area contributed by atoms with Crippen LogP contribution in [-0.2, 0) is 0 Å². The van der Waals surface area contributed by atoms with Crippen molar-refractivity contribution >= 4 is 23.2 Å². The Morgan fingerprint density at radius 2 is 1.64 bits per heavy atom. The minimum Gasteiger partial charge on any atom is -0.487 e. The summed E-state index contributed by atoms with van der Waals surface area (Å²) in [7, 11) is 0. The molecule has 0 aromatic heterocycles. The molecule has 2 fully saturated rings. The molecule has 1 aromatic carbocycles. The largest absolute Gasteiger partial charge is 0.487 e. The molecular weight excluding hydrogens is 362 g/mol. The molecule has 3 nitrogen and oxygen atoms in total. The molecule has 25 heavy (non-hydrogen) atoms. The molecular formula is C19H27Cl2FN2O. The number of ether oxygens (including phenoxy) is 1. The third kappa shape index (κ3) is 5.46. The Labute approximate surface area is 159 Å². The zero-order chi connectivity index (χ0) is 17.8. The first-order valence-electron chi connectivity index (χ1n) is 9.30. The van der Waals surface area contributed by atoms with Gasteiger partial charge in [0.25, 0.3) is 0 Å². The van der Waals surface area contributed by atoms with Crippen LogP contribution in [-0.4, -0.2) is 36.7 Å². The van der Waals surface area contributed by atoms with E-state index in [-0.39, 0.29) is 16.1 Å². The van der Waals surface area contributed by atoms with Crippen molar-refractivity contribution in [2.75, 3.05) is 19.6 Å². The van der Waals surface area contributed by atoms with Gasteiger partial charge in [0.1, 0.15) is 11.9 Å². The lowest BCUT2D eigenvalue weighted by molar-refractivity contribution is 0.0953. The second kappa shape index (κ2) is 8.90. The van der Waals surface area contributed by atoms with Crippen LogP contribution in [0, 0.1) is 11.7 Å². The predicted molar refractivity (Wildman–Crippen MR) is 101 cm³/mol. The molecule has 0 bridgehead atoms. The highest BCUT2D eigenvalue weighted by Crippen LogP contribution is 2.35. The average Bonchev–Trinajstić information content (AvgIpc) is 2.59. The van der Waals surface area contributed by atoms with Crippen molar-refractivity contribution in [3.8, 4) is 5.75 Å². The van der Waals surface area contributed by atoms with Crippen LogP contribution in [0.5, 0.6) is 5.75 Å². The number of nitrogens with two attached hydrogens (primary N) is 1. The summed E-state index contributed by atoms with van der Waals surface area (Å²) in [5, 5.41) is 0.478. The first-order chi connectivity index (χ1) is 12.0. The van der Waals surface area contributed by atoms with Crippen LogP contribution >= 0.6 is 23.2 Å². The standard InChI is InChI=1S/C19H27Cl2FN2O/c20-17-11-14(22)12-18(21)19(17)25-16-6-9-24(10-7-16)8-5-13-1-3-15(23)4-2-13/h11-13,15-16H,1-10,23H2. The Bertz CT molecular complexity index is 548. The van der Waals surface area contributed by atoms with E-state index in [0.717, 1.165) is 38.4 Å². The van der Waals surface area contributed by atoms with Crippen molar-refractivity contribution in [2.24, 2.45) is 11.7 Å². The van der Waals surface area contributed by atoms with Crippen molar-refractivity contribution < 1.29 is 9.13 Å². The summed E-state index contributed by atoms with van der Waals surface area (Å²) in [6.07, 6.45) is 8.17. The van der Waals surface area contributed by atoms with Gasteiger partial charge in [-0.3, -0.25) is 0 Å². The SMILES string of the molecule is NC1CCC(CCN2CCC(Oc3c(Cl)cc(F)cc3Cl)CC2)CC1. The molecule has 1 heterocycles. The molecule has 3 rings (SSSR count). The third-order valence-electron chi connectivity index (χ3n) is 5.53. The van der Waals surface area contributed by atoms with E-state index in [1.165, 1.54) is 44.2 Å². The topological polar surface area (TPSA) is 38.5 Å². The lowest BCUT2D eigenvalue weighted by Gasteiger charge is -2.34. The van der Waals surface area contributed by atoms with Gasteiger partial charge in [-0.2, -0.15) is 0 Å². The molecule has 0 unspecified atom stereocenters. The highest BCUT2D eigenvalue weighted by Gasteiger charge is 2.24. The van der Waals surface area contributed by atoms with Gasteiger partial charge in [-0.15, -0.1) is 0 Å². The quantitative estimate of drug-likeness (QED) is 0.780. The molecule has 1 aromatic rings. The number of halogens is 3. The monoisotopic (exact) mass is 388 g/mol. The smallest absolute Gasteiger partial charge is 0.157 e. The molecule has 2 N–H and O–H groups in total. The highest BCUT2D eigenvalue weighted by molar-refractivity contribution is 6.37. The Hall–Kier alpha value is -0.550. The Kier molecular flexibility index (Phi) is 6.84. The maximum absolute atomic E-state index is 13.3. The fourth-order valence-electron chi connectivity index (χ4n) is 3.90. The van der Waals surface area contributed by atoms with Crippen LogP contribution in [0.2, 0.25) is 10.0 Å². The normalized spacial score (nSPS) is 25.9. The Morgan fingerprint density at radius 3 is 2.24 bits per heavy atom. The summed E-state index contributed by atoms with van der Waals surface area (Å²) >= 11 is 12.1. The molecule has 1 saturated heterocycles. The van der Waals surface area contributed by atoms with Crippen LogP contribution in [0.15, 0.2) is 12.1 Å². The van der Waals surface area contributed by atoms with Crippen molar-refractivity contribution in [1.29, 1.82) is 0 Å². The maximum Gasteiger partial charge on any atom is 0.157 e. The highest BCUT2D eigenvalue weighted by atomic mass is 35.5. The zero-order valence-electron chi connectivity index (χ0n) is 14.5. The minimum absolute atomic E-state index is 0.0874. The van der Waals surface area contributed by atoms with Gasteiger partial charge in [0.15, 0.2) is 5.75 Å². The summed E-state index contributed by atoms with van der Waals surface area (Å²) in [4.78, 5) is 2.52. The van der Waals surface area contributed by atoms with Crippen molar-refractivity contribution in [3.05, 3.63) is 28.0 Å². The summed E-state index contributed by atoms with van der Waals surface area (Å²) in [6.45, 7) is 3.20. The van der Waals surface area contributed by atoms with E-state index in [0.29, 0.717) is 11.8 Å². The first kappa shape index (κ1) is 19.2. The average molecular weight is 389 g/mol. The van der Waals surface area contributed by atoms with E-state index in [4.69, 9.17) is 33.7 Å². The lowest BCUT2D eigenvalue weighted by atomic mass is 9.84. The summed E-state index contributed by atoms with van der Waals surface area (Å²) in [5.41, 5.74) is 5.98. The number of nitrogens with zero attached hydrogens (tertiary/aromatic N) is 1. The van der Waals surface area contributed by atoms with Gasteiger partial charge in [-0.25, -0.2) is 4.39 Å². The Morgan fingerprint density at radius 1 is 1.04 bits per heavy atom. The van der Waals surface area contributed by atoms with E-state index >= 15 is 0 Å². The van der Waals surface area contributed by atoms with Crippen LogP contribution in [0.1, 0.15) is 44.9 Å². The van der Waals surface area contributed by atoms with Gasteiger partial charge >= 0.3 is 0 Å². The van der Waals surface area contributed by atoms with Crippen molar-refractivity contribution in [3.63, 3.8) is 0 Å². The first-order valence-corrected chi connectivity index (χ1v) is 10.1. The number of benzene rings is 1. The summed E-state index contributed by atoms with van der Waals surface area (Å²) in [6, 6.07) is 2.91. The molecule has 1 aliphatic carbocycles. The second-order valence-electron chi connectivity index (χ2n) is 7.43. The number of hydrogen-bond donors (Lipinski definition) is 1. The van der Waals surface area contributed by atoms with E-state index in [2.05, 4.69) is 4.90 Å². The number of hydrogen-bond acceptors (Lipinski definition) is 3. The molecule has 2 aliphatic rings. The van der Waals surface area contributed by atoms with Crippen molar-refractivity contribution in [1.82, 2.24) is 4.90 Å². The predicted octanol–water partition coefficient (Wildman–Crippen LogP) is 4.88. The van der Waals surface area contributed by atoms with Gasteiger partial charge in [-0.05, 0) is 69.5 Å². The molecule has 0 spiro atoms. The van der Waals surface area contributed by atoms with Crippen molar-refractivity contribution in [2.45, 2.75) is 57.1 Å². The van der Waals surface area contributed by atoms with Crippen LogP contribution in [0.4, 0.5) is 4.39 Å². The van der Waals surface area contributed by atoms with Gasteiger partial charge in [-0.1, -0.05) is 23.2 Å². The zero-order valence-corrected chi connectivity index (χ0v) is 16.0. The van der Waals surface area contributed by atoms with Gasteiger partial charge in [0, 0.05) is 19.1 Å². The molecule has 0 radical (unpaired) electrons. The molecule has 0 atom stereocenters. The van der Waals surface area contributed by atoms with Crippen LogP contribution in [0.3, 0.4) is 0 Å². The second-order valence-corrected chi connectivity index (χ2v) is 8.24. The summed E-state index contributed by atoms with van der Waals surface area (Å²) in [5.74, 6) is 0.799. The fraction of sp³-hybridized carbons (Fsp3) is 0.684. The van der Waals surface area contributed by atoms with E-state index in [9.17, 15) is 4.39 Å². The summed E-state index contributed by atoms with van der Waals surface area (Å²) < 4.78 is 19.2. The fourth-order valence-corrected chi connectivity index (χ4v) is 4.45. The Balaban J connectivity index is 1.42. The van der Waals surface area contributed by atoms with Crippen LogP contribution < -0.4 is 10.5 Å². The number of likely N-dealkylation sites (tertiary alicyclic amines) is 1. The van der Waals surface area contributed by atoms with Crippen LogP contribution in [0.25, 0.3) is 0 Å². The third-order valence-corrected chi connectivity index (χ3v) is 6.09. The van der Waals surface area contributed by atoms with E-state index in [1.54, 1.807) is 0 Å². The molecule has 0 amide bonds.